The average molecular weight is 444 g/mol. The molecular formula is C26H37NO5. The lowest BCUT2D eigenvalue weighted by Gasteiger charge is -2.58. The molecule has 0 aromatic heterocycles. The topological polar surface area (TPSA) is 92.7 Å². The summed E-state index contributed by atoms with van der Waals surface area (Å²) in [7, 11) is 1.78. The first-order valence-corrected chi connectivity index (χ1v) is 12.1. The maximum atomic E-state index is 13.2. The van der Waals surface area contributed by atoms with Crippen LogP contribution in [-0.2, 0) is 19.1 Å². The molecule has 176 valence electrons. The summed E-state index contributed by atoms with van der Waals surface area (Å²) in [4.78, 5) is 37.2. The highest BCUT2D eigenvalue weighted by Crippen LogP contribution is 2.66. The number of aliphatic hydroxyl groups excluding tert-OH is 1. The number of Topliss-reactive ketones (excluding diaryl/α,β-unsaturated/α-hetero) is 1. The number of aliphatic hydroxyl groups is 1. The van der Waals surface area contributed by atoms with E-state index in [-0.39, 0.29) is 52.7 Å². The van der Waals surface area contributed by atoms with Crippen LogP contribution >= 0.6 is 0 Å². The van der Waals surface area contributed by atoms with Crippen molar-refractivity contribution in [2.24, 2.45) is 40.4 Å². The molecule has 0 aliphatic heterocycles. The molecule has 2 N–H and O–H groups in total. The molecule has 0 spiro atoms. The standard InChI is InChI=1S/C26H37NO5/c1-15(13-27-4)24(31)32-14-22(30)20-8-7-19-18-6-5-16-11-17(28)9-10-25(16,2)23(18)21(29)12-26(19,20)3/h9-11,15,18-21,23,27,29H,5-8,12-14H2,1-4H3/t15?,18-,19?,20+,21-,23?,25-,26-/m0/s1. The maximum absolute atomic E-state index is 13.2. The minimum atomic E-state index is -0.528. The van der Waals surface area contributed by atoms with Gasteiger partial charge in [0, 0.05) is 23.8 Å². The third kappa shape index (κ3) is 3.69. The molecule has 0 radical (unpaired) electrons. The molecule has 0 aromatic carbocycles. The number of hydrogen-bond donors (Lipinski definition) is 2. The summed E-state index contributed by atoms with van der Waals surface area (Å²) >= 11 is 0. The van der Waals surface area contributed by atoms with Crippen molar-refractivity contribution in [3.8, 4) is 0 Å². The molecule has 0 heterocycles. The lowest BCUT2D eigenvalue weighted by atomic mass is 9.46. The molecule has 0 bridgehead atoms. The predicted molar refractivity (Wildman–Crippen MR) is 121 cm³/mol. The van der Waals surface area contributed by atoms with Crippen LogP contribution in [0.1, 0.15) is 52.9 Å². The van der Waals surface area contributed by atoms with Crippen LogP contribution < -0.4 is 5.32 Å². The van der Waals surface area contributed by atoms with Crippen LogP contribution in [0.2, 0.25) is 0 Å². The van der Waals surface area contributed by atoms with Gasteiger partial charge in [-0.2, -0.15) is 0 Å². The van der Waals surface area contributed by atoms with Crippen LogP contribution in [0.3, 0.4) is 0 Å². The zero-order valence-electron chi connectivity index (χ0n) is 19.7. The van der Waals surface area contributed by atoms with Crippen LogP contribution in [0.5, 0.6) is 0 Å². The molecule has 4 aliphatic carbocycles. The van der Waals surface area contributed by atoms with Crippen LogP contribution in [0.25, 0.3) is 0 Å². The van der Waals surface area contributed by atoms with Crippen molar-refractivity contribution in [3.05, 3.63) is 23.8 Å². The zero-order valence-corrected chi connectivity index (χ0v) is 19.7. The average Bonchev–Trinajstić information content (AvgIpc) is 3.08. The van der Waals surface area contributed by atoms with Crippen LogP contribution in [-0.4, -0.2) is 48.9 Å². The number of nitrogens with one attached hydrogen (secondary N) is 1. The molecular weight excluding hydrogens is 406 g/mol. The number of carbonyl (C=O) groups is 3. The highest BCUT2D eigenvalue weighted by Gasteiger charge is 2.62. The predicted octanol–water partition coefficient (Wildman–Crippen LogP) is 2.85. The van der Waals surface area contributed by atoms with Crippen LogP contribution in [0.4, 0.5) is 0 Å². The van der Waals surface area contributed by atoms with E-state index in [4.69, 9.17) is 4.74 Å². The Morgan fingerprint density at radius 1 is 1.28 bits per heavy atom. The van der Waals surface area contributed by atoms with E-state index in [1.54, 1.807) is 26.1 Å². The third-order valence-electron chi connectivity index (χ3n) is 9.15. The molecule has 3 saturated carbocycles. The monoisotopic (exact) mass is 443 g/mol. The molecule has 0 amide bonds. The van der Waals surface area contributed by atoms with E-state index in [1.165, 1.54) is 0 Å². The molecule has 8 atom stereocenters. The number of rotatable bonds is 6. The molecule has 4 rings (SSSR count). The SMILES string of the molecule is CNCC(C)C(=O)OCC(=O)[C@H]1CCC2[C@@H]3CCC4=CC(=O)C=C[C@]4(C)C3[C@@H](O)C[C@@]21C. The van der Waals surface area contributed by atoms with Gasteiger partial charge in [-0.1, -0.05) is 32.4 Å². The maximum Gasteiger partial charge on any atom is 0.310 e. The summed E-state index contributed by atoms with van der Waals surface area (Å²) in [6.45, 7) is 6.44. The number of ketones is 2. The van der Waals surface area contributed by atoms with Gasteiger partial charge in [0.15, 0.2) is 11.6 Å². The fourth-order valence-electron chi connectivity index (χ4n) is 7.63. The number of esters is 1. The van der Waals surface area contributed by atoms with Gasteiger partial charge in [-0.05, 0) is 68.6 Å². The Balaban J connectivity index is 1.50. The summed E-state index contributed by atoms with van der Waals surface area (Å²) in [5.41, 5.74) is 0.563. The summed E-state index contributed by atoms with van der Waals surface area (Å²) in [5.74, 6) is -0.0739. The first-order chi connectivity index (χ1) is 15.1. The minimum absolute atomic E-state index is 0.0172. The number of carbonyl (C=O) groups excluding carboxylic acids is 3. The Hall–Kier alpha value is -1.79. The van der Waals surface area contributed by atoms with Crippen LogP contribution in [0, 0.1) is 40.4 Å². The summed E-state index contributed by atoms with van der Waals surface area (Å²) in [6, 6.07) is 0. The summed E-state index contributed by atoms with van der Waals surface area (Å²) in [6.07, 6.45) is 9.03. The van der Waals surface area contributed by atoms with Crippen molar-refractivity contribution >= 4 is 17.5 Å². The molecule has 32 heavy (non-hydrogen) atoms. The van der Waals surface area contributed by atoms with Crippen molar-refractivity contribution < 1.29 is 24.2 Å². The van der Waals surface area contributed by atoms with Gasteiger partial charge in [-0.25, -0.2) is 0 Å². The van der Waals surface area contributed by atoms with E-state index in [0.717, 1.165) is 31.3 Å². The van der Waals surface area contributed by atoms with Crippen molar-refractivity contribution in [2.75, 3.05) is 20.2 Å². The van der Waals surface area contributed by atoms with E-state index >= 15 is 0 Å². The van der Waals surface area contributed by atoms with Gasteiger partial charge < -0.3 is 15.2 Å². The number of ether oxygens (including phenoxy) is 1. The van der Waals surface area contributed by atoms with Crippen LogP contribution in [0.15, 0.2) is 23.8 Å². The molecule has 3 unspecified atom stereocenters. The van der Waals surface area contributed by atoms with Gasteiger partial charge >= 0.3 is 5.97 Å². The van der Waals surface area contributed by atoms with Gasteiger partial charge in [0.25, 0.3) is 0 Å². The van der Waals surface area contributed by atoms with Gasteiger partial charge in [0.1, 0.15) is 6.61 Å². The Bertz CT molecular complexity index is 862. The molecule has 6 nitrogen and oxygen atoms in total. The van der Waals surface area contributed by atoms with Gasteiger partial charge in [-0.3, -0.25) is 14.4 Å². The zero-order chi connectivity index (χ0) is 23.3. The Morgan fingerprint density at radius 3 is 2.75 bits per heavy atom. The normalized spacial score (nSPS) is 41.2. The van der Waals surface area contributed by atoms with Crippen molar-refractivity contribution in [2.45, 2.75) is 59.0 Å². The minimum Gasteiger partial charge on any atom is -0.457 e. The summed E-state index contributed by atoms with van der Waals surface area (Å²) < 4.78 is 5.35. The molecule has 0 saturated heterocycles. The second-order valence-electron chi connectivity index (χ2n) is 11.0. The highest BCUT2D eigenvalue weighted by molar-refractivity contribution is 6.01. The number of allylic oxidation sites excluding steroid dienone is 4. The second kappa shape index (κ2) is 8.53. The van der Waals surface area contributed by atoms with E-state index in [2.05, 4.69) is 19.2 Å². The number of fused-ring (bicyclic) bond motifs is 5. The van der Waals surface area contributed by atoms with E-state index in [0.29, 0.717) is 24.8 Å². The Kier molecular flexibility index (Phi) is 6.23. The van der Waals surface area contributed by atoms with Gasteiger partial charge in [0.2, 0.25) is 0 Å². The van der Waals surface area contributed by atoms with E-state index in [9.17, 15) is 19.5 Å². The lowest BCUT2D eigenvalue weighted by Crippen LogP contribution is -2.56. The first kappa shape index (κ1) is 23.4. The van der Waals surface area contributed by atoms with Crippen molar-refractivity contribution in [1.29, 1.82) is 0 Å². The smallest absolute Gasteiger partial charge is 0.310 e. The third-order valence-corrected chi connectivity index (χ3v) is 9.15. The Morgan fingerprint density at radius 2 is 2.03 bits per heavy atom. The fraction of sp³-hybridized carbons (Fsp3) is 0.731. The highest BCUT2D eigenvalue weighted by atomic mass is 16.5. The van der Waals surface area contributed by atoms with Crippen molar-refractivity contribution in [3.63, 3.8) is 0 Å². The first-order valence-electron chi connectivity index (χ1n) is 12.1. The molecule has 3 fully saturated rings. The molecule has 0 aromatic rings. The largest absolute Gasteiger partial charge is 0.457 e. The van der Waals surface area contributed by atoms with E-state index < -0.39 is 6.10 Å². The Labute approximate surface area is 190 Å². The quantitative estimate of drug-likeness (QED) is 0.614. The van der Waals surface area contributed by atoms with E-state index in [1.807, 2.05) is 6.08 Å². The lowest BCUT2D eigenvalue weighted by molar-refractivity contribution is -0.156. The van der Waals surface area contributed by atoms with Crippen molar-refractivity contribution in [1.82, 2.24) is 5.32 Å². The second-order valence-corrected chi connectivity index (χ2v) is 11.0. The van der Waals surface area contributed by atoms with Gasteiger partial charge in [-0.15, -0.1) is 0 Å². The molecule has 6 heteroatoms. The molecule has 4 aliphatic rings. The van der Waals surface area contributed by atoms with Gasteiger partial charge in [0.05, 0.1) is 12.0 Å². The fourth-order valence-corrected chi connectivity index (χ4v) is 7.63. The summed E-state index contributed by atoms with van der Waals surface area (Å²) in [5, 5.41) is 14.3. The number of hydrogen-bond acceptors (Lipinski definition) is 6.